The van der Waals surface area contributed by atoms with Gasteiger partial charge >= 0.3 is 0 Å². The summed E-state index contributed by atoms with van der Waals surface area (Å²) in [5.41, 5.74) is 10.4. The number of pyridine rings is 1. The van der Waals surface area contributed by atoms with Gasteiger partial charge in [-0.3, -0.25) is 14.1 Å². The zero-order chi connectivity index (χ0) is 27.1. The SMILES string of the molecule is CC(=O)Nc1cnc(-c2ccc(C3(N)CCC3)cc2)c(-c2ccccc2F)c1.CSN(C)C1CCCCC1. The van der Waals surface area contributed by atoms with Gasteiger partial charge in [-0.15, -0.1) is 0 Å². The van der Waals surface area contributed by atoms with Gasteiger partial charge in [-0.25, -0.2) is 4.39 Å². The quantitative estimate of drug-likeness (QED) is 0.323. The predicted octanol–water partition coefficient (Wildman–Crippen LogP) is 7.38. The first kappa shape index (κ1) is 28.3. The molecule has 1 heterocycles. The van der Waals surface area contributed by atoms with E-state index >= 15 is 0 Å². The highest BCUT2D eigenvalue weighted by Gasteiger charge is 2.34. The normalized spacial score (nSPS) is 16.8. The van der Waals surface area contributed by atoms with Crippen molar-refractivity contribution < 1.29 is 9.18 Å². The Morgan fingerprint density at radius 3 is 2.32 bits per heavy atom. The Hall–Kier alpha value is -2.74. The lowest BCUT2D eigenvalue weighted by Gasteiger charge is -2.38. The highest BCUT2D eigenvalue weighted by atomic mass is 32.2. The van der Waals surface area contributed by atoms with E-state index in [1.54, 1.807) is 30.5 Å². The number of halogens is 1. The minimum Gasteiger partial charge on any atom is -0.325 e. The number of hydrogen-bond acceptors (Lipinski definition) is 5. The number of amides is 1. The van der Waals surface area contributed by atoms with Crippen LogP contribution in [0, 0.1) is 5.82 Å². The number of hydrogen-bond donors (Lipinski definition) is 2. The van der Waals surface area contributed by atoms with Gasteiger partial charge in [0.15, 0.2) is 0 Å². The molecular weight excluding hydrogens is 495 g/mol. The van der Waals surface area contributed by atoms with Crippen LogP contribution in [0.15, 0.2) is 60.8 Å². The zero-order valence-electron chi connectivity index (χ0n) is 22.7. The fraction of sp³-hybridized carbons (Fsp3) is 0.419. The van der Waals surface area contributed by atoms with Gasteiger partial charge in [-0.1, -0.05) is 73.7 Å². The number of rotatable bonds is 6. The molecule has 202 valence electrons. The molecule has 2 fully saturated rings. The molecule has 1 aromatic heterocycles. The smallest absolute Gasteiger partial charge is 0.221 e. The number of carbonyl (C=O) groups excluding carboxylic acids is 1. The van der Waals surface area contributed by atoms with Crippen LogP contribution in [0.1, 0.15) is 63.9 Å². The van der Waals surface area contributed by atoms with Gasteiger partial charge in [-0.05, 0) is 63.1 Å². The predicted molar refractivity (Wildman–Crippen MR) is 157 cm³/mol. The zero-order valence-corrected chi connectivity index (χ0v) is 23.5. The summed E-state index contributed by atoms with van der Waals surface area (Å²) in [7, 11) is 2.21. The molecule has 0 radical (unpaired) electrons. The molecule has 0 bridgehead atoms. The molecule has 1 amide bonds. The van der Waals surface area contributed by atoms with Crippen molar-refractivity contribution in [3.05, 3.63) is 72.2 Å². The minimum absolute atomic E-state index is 0.202. The van der Waals surface area contributed by atoms with Gasteiger partial charge in [0.2, 0.25) is 5.91 Å². The largest absolute Gasteiger partial charge is 0.325 e. The van der Waals surface area contributed by atoms with E-state index in [0.29, 0.717) is 22.5 Å². The van der Waals surface area contributed by atoms with Crippen LogP contribution in [0.5, 0.6) is 0 Å². The second-order valence-corrected chi connectivity index (χ2v) is 11.3. The second-order valence-electron chi connectivity index (χ2n) is 10.4. The third-order valence-electron chi connectivity index (χ3n) is 7.73. The van der Waals surface area contributed by atoms with E-state index in [9.17, 15) is 9.18 Å². The summed E-state index contributed by atoms with van der Waals surface area (Å²) >= 11 is 1.86. The first-order valence-electron chi connectivity index (χ1n) is 13.5. The van der Waals surface area contributed by atoms with Crippen molar-refractivity contribution >= 4 is 23.5 Å². The van der Waals surface area contributed by atoms with Gasteiger partial charge in [-0.2, -0.15) is 0 Å². The lowest BCUT2D eigenvalue weighted by molar-refractivity contribution is -0.114. The number of nitrogens with zero attached hydrogens (tertiary/aromatic N) is 2. The molecule has 0 atom stereocenters. The number of anilines is 1. The summed E-state index contributed by atoms with van der Waals surface area (Å²) in [5.74, 6) is -0.537. The van der Waals surface area contributed by atoms with E-state index in [0.717, 1.165) is 36.4 Å². The standard InChI is InChI=1S/C23H22FN3O.C8H17NS/c1-15(28)27-18-13-20(19-5-2-3-6-21(19)24)22(26-14-18)16-7-9-17(10-8-16)23(25)11-4-12-23;1-9(10-2)8-6-4-3-5-7-8/h2-3,5-10,13-14H,4,11-12,25H2,1H3,(H,27,28);8H,3-7H2,1-2H3. The van der Waals surface area contributed by atoms with Gasteiger partial charge in [0.05, 0.1) is 17.6 Å². The molecule has 7 heteroatoms. The lowest BCUT2D eigenvalue weighted by atomic mass is 9.72. The third kappa shape index (κ3) is 6.82. The molecule has 3 aromatic rings. The maximum Gasteiger partial charge on any atom is 0.221 e. The number of carbonyl (C=O) groups is 1. The second kappa shape index (κ2) is 12.9. The van der Waals surface area contributed by atoms with E-state index in [1.807, 2.05) is 36.2 Å². The summed E-state index contributed by atoms with van der Waals surface area (Å²) in [5, 5.41) is 2.72. The van der Waals surface area contributed by atoms with E-state index in [2.05, 4.69) is 27.9 Å². The topological polar surface area (TPSA) is 71.2 Å². The highest BCUT2D eigenvalue weighted by Crippen LogP contribution is 2.40. The van der Waals surface area contributed by atoms with Crippen molar-refractivity contribution in [1.29, 1.82) is 0 Å². The maximum atomic E-state index is 14.5. The Morgan fingerprint density at radius 2 is 1.74 bits per heavy atom. The van der Waals surface area contributed by atoms with E-state index in [4.69, 9.17) is 5.73 Å². The van der Waals surface area contributed by atoms with Crippen LogP contribution in [0.3, 0.4) is 0 Å². The molecule has 5 nitrogen and oxygen atoms in total. The number of nitrogens with two attached hydrogens (primary N) is 1. The van der Waals surface area contributed by atoms with Gasteiger partial charge in [0.1, 0.15) is 5.82 Å². The summed E-state index contributed by atoms with van der Waals surface area (Å²) < 4.78 is 16.9. The van der Waals surface area contributed by atoms with Gasteiger partial charge in [0.25, 0.3) is 0 Å². The minimum atomic E-state index is -0.336. The lowest BCUT2D eigenvalue weighted by Crippen LogP contribution is -2.43. The van der Waals surface area contributed by atoms with Crippen LogP contribution < -0.4 is 11.1 Å². The van der Waals surface area contributed by atoms with Crippen LogP contribution >= 0.6 is 11.9 Å². The molecule has 2 aromatic carbocycles. The molecule has 3 N–H and O–H groups in total. The molecule has 0 saturated heterocycles. The molecule has 38 heavy (non-hydrogen) atoms. The average Bonchev–Trinajstić information content (AvgIpc) is 2.92. The van der Waals surface area contributed by atoms with Crippen molar-refractivity contribution in [2.24, 2.45) is 5.73 Å². The molecule has 0 spiro atoms. The van der Waals surface area contributed by atoms with Crippen molar-refractivity contribution in [1.82, 2.24) is 9.29 Å². The summed E-state index contributed by atoms with van der Waals surface area (Å²) in [6.07, 6.45) is 14.1. The van der Waals surface area contributed by atoms with Crippen molar-refractivity contribution in [3.8, 4) is 22.4 Å². The van der Waals surface area contributed by atoms with Crippen molar-refractivity contribution in [2.75, 3.05) is 18.6 Å². The molecule has 5 rings (SSSR count). The monoisotopic (exact) mass is 534 g/mol. The molecule has 0 aliphatic heterocycles. The van der Waals surface area contributed by atoms with Crippen LogP contribution in [-0.4, -0.2) is 34.5 Å². The number of aromatic nitrogens is 1. The fourth-order valence-electron chi connectivity index (χ4n) is 5.25. The van der Waals surface area contributed by atoms with Crippen LogP contribution in [0.4, 0.5) is 10.1 Å². The molecule has 2 aliphatic rings. The Kier molecular flexibility index (Phi) is 9.58. The van der Waals surface area contributed by atoms with E-state index in [-0.39, 0.29) is 17.3 Å². The molecule has 0 unspecified atom stereocenters. The Bertz CT molecular complexity index is 1220. The third-order valence-corrected chi connectivity index (χ3v) is 8.60. The highest BCUT2D eigenvalue weighted by molar-refractivity contribution is 7.96. The van der Waals surface area contributed by atoms with Gasteiger partial charge < -0.3 is 11.1 Å². The Labute approximate surface area is 230 Å². The molecular formula is C31H39FN4OS. The number of benzene rings is 2. The first-order chi connectivity index (χ1) is 18.3. The maximum absolute atomic E-state index is 14.5. The number of nitrogens with one attached hydrogen (secondary N) is 1. The first-order valence-corrected chi connectivity index (χ1v) is 14.7. The fourth-order valence-corrected chi connectivity index (χ4v) is 5.76. The summed E-state index contributed by atoms with van der Waals surface area (Å²) in [4.78, 5) is 16.0. The van der Waals surface area contributed by atoms with Crippen LogP contribution in [-0.2, 0) is 10.3 Å². The molecule has 2 saturated carbocycles. The molecule has 2 aliphatic carbocycles. The summed E-state index contributed by atoms with van der Waals surface area (Å²) in [6.45, 7) is 1.43. The van der Waals surface area contributed by atoms with Crippen LogP contribution in [0.2, 0.25) is 0 Å². The average molecular weight is 535 g/mol. The van der Waals surface area contributed by atoms with Crippen molar-refractivity contribution in [3.63, 3.8) is 0 Å². The van der Waals surface area contributed by atoms with Crippen LogP contribution in [0.25, 0.3) is 22.4 Å². The van der Waals surface area contributed by atoms with E-state index < -0.39 is 0 Å². The Balaban J connectivity index is 0.000000283. The van der Waals surface area contributed by atoms with Crippen molar-refractivity contribution in [2.45, 2.75) is 69.9 Å². The van der Waals surface area contributed by atoms with E-state index in [1.165, 1.54) is 45.1 Å². The summed E-state index contributed by atoms with van der Waals surface area (Å²) in [6, 6.07) is 17.2. The Morgan fingerprint density at radius 1 is 1.05 bits per heavy atom. The van der Waals surface area contributed by atoms with Gasteiger partial charge in [0, 0.05) is 35.2 Å².